The summed E-state index contributed by atoms with van der Waals surface area (Å²) in [6.07, 6.45) is 3.88. The number of sulfonamides is 1. The summed E-state index contributed by atoms with van der Waals surface area (Å²) in [7, 11) is -1.27. The van der Waals surface area contributed by atoms with Gasteiger partial charge in [0.1, 0.15) is 12.6 Å². The molecule has 1 aliphatic carbocycles. The summed E-state index contributed by atoms with van der Waals surface area (Å²) in [6, 6.07) is 18.7. The van der Waals surface area contributed by atoms with E-state index in [2.05, 4.69) is 5.32 Å². The van der Waals surface area contributed by atoms with Crippen molar-refractivity contribution in [3.05, 3.63) is 83.4 Å². The first-order valence-corrected chi connectivity index (χ1v) is 15.6. The number of amides is 2. The van der Waals surface area contributed by atoms with Crippen molar-refractivity contribution in [1.82, 2.24) is 10.2 Å². The maximum Gasteiger partial charge on any atom is 0.264 e. The van der Waals surface area contributed by atoms with E-state index in [1.165, 1.54) is 37.3 Å². The molecule has 1 fully saturated rings. The first-order valence-electron chi connectivity index (χ1n) is 13.8. The maximum atomic E-state index is 14.1. The summed E-state index contributed by atoms with van der Waals surface area (Å²) in [5.74, 6) is -0.120. The van der Waals surface area contributed by atoms with Crippen molar-refractivity contribution in [3.63, 3.8) is 0 Å². The van der Waals surface area contributed by atoms with Crippen LogP contribution in [0.25, 0.3) is 0 Å². The van der Waals surface area contributed by atoms with E-state index in [9.17, 15) is 18.0 Å². The Kier molecular flexibility index (Phi) is 10.3. The van der Waals surface area contributed by atoms with Gasteiger partial charge in [0.2, 0.25) is 11.8 Å². The number of carbonyl (C=O) groups is 2. The zero-order valence-corrected chi connectivity index (χ0v) is 25.5. The van der Waals surface area contributed by atoms with Gasteiger partial charge >= 0.3 is 0 Å². The number of hydrogen-bond acceptors (Lipinski definition) is 6. The molecule has 1 saturated carbocycles. The van der Waals surface area contributed by atoms with Crippen LogP contribution in [0.2, 0.25) is 5.02 Å². The van der Waals surface area contributed by atoms with Gasteiger partial charge in [-0.3, -0.25) is 13.9 Å². The highest BCUT2D eigenvalue weighted by molar-refractivity contribution is 7.92. The SMILES string of the molecule is COc1ccc(N(CC(=O)N(Cc2ccc(Cl)cc2)[C@@H](C)C(=O)NC2CCCC2)S(=O)(=O)c2ccccc2)cc1OC. The third-order valence-electron chi connectivity index (χ3n) is 7.40. The predicted molar refractivity (Wildman–Crippen MR) is 162 cm³/mol. The fourth-order valence-electron chi connectivity index (χ4n) is 4.99. The molecule has 42 heavy (non-hydrogen) atoms. The Morgan fingerprint density at radius 1 is 0.952 bits per heavy atom. The molecule has 0 bridgehead atoms. The van der Waals surface area contributed by atoms with Crippen molar-refractivity contribution in [3.8, 4) is 11.5 Å². The van der Waals surface area contributed by atoms with E-state index in [4.69, 9.17) is 21.1 Å². The molecule has 224 valence electrons. The Labute approximate surface area is 252 Å². The lowest BCUT2D eigenvalue weighted by atomic mass is 10.1. The van der Waals surface area contributed by atoms with Gasteiger partial charge in [0.25, 0.3) is 10.0 Å². The number of anilines is 1. The fourth-order valence-corrected chi connectivity index (χ4v) is 6.54. The van der Waals surface area contributed by atoms with Crippen LogP contribution < -0.4 is 19.1 Å². The second kappa shape index (κ2) is 13.9. The standard InChI is InChI=1S/C31H36ClN3O6S/c1-22(31(37)33-25-9-7-8-10-25)34(20-23-13-15-24(32)16-14-23)30(36)21-35(42(38,39)27-11-5-4-6-12-27)26-17-18-28(40-2)29(19-26)41-3/h4-6,11-19,22,25H,7-10,20-21H2,1-3H3,(H,33,37)/t22-/m0/s1. The zero-order valence-electron chi connectivity index (χ0n) is 24.0. The summed E-state index contributed by atoms with van der Waals surface area (Å²) in [6.45, 7) is 1.19. The minimum atomic E-state index is -4.20. The van der Waals surface area contributed by atoms with Gasteiger partial charge in [-0.15, -0.1) is 0 Å². The van der Waals surface area contributed by atoms with E-state index in [0.717, 1.165) is 35.6 Å². The van der Waals surface area contributed by atoms with Crippen LogP contribution in [0, 0.1) is 0 Å². The van der Waals surface area contributed by atoms with Crippen molar-refractivity contribution < 1.29 is 27.5 Å². The van der Waals surface area contributed by atoms with Crippen molar-refractivity contribution in [2.24, 2.45) is 0 Å². The smallest absolute Gasteiger partial charge is 0.264 e. The molecule has 0 spiro atoms. The molecule has 3 aromatic carbocycles. The summed E-state index contributed by atoms with van der Waals surface area (Å²) in [5, 5.41) is 3.60. The molecule has 4 rings (SSSR count). The molecule has 9 nitrogen and oxygen atoms in total. The fraction of sp³-hybridized carbons (Fsp3) is 0.355. The molecule has 0 radical (unpaired) electrons. The van der Waals surface area contributed by atoms with Crippen LogP contribution >= 0.6 is 11.6 Å². The zero-order chi connectivity index (χ0) is 30.3. The highest BCUT2D eigenvalue weighted by Gasteiger charge is 2.33. The third-order valence-corrected chi connectivity index (χ3v) is 9.44. The summed E-state index contributed by atoms with van der Waals surface area (Å²) in [4.78, 5) is 28.8. The second-order valence-corrected chi connectivity index (χ2v) is 12.5. The average molecular weight is 614 g/mol. The van der Waals surface area contributed by atoms with Gasteiger partial charge < -0.3 is 19.7 Å². The molecule has 0 heterocycles. The second-order valence-electron chi connectivity index (χ2n) is 10.2. The number of hydrogen-bond donors (Lipinski definition) is 1. The molecule has 11 heteroatoms. The molecule has 1 N–H and O–H groups in total. The molecule has 1 atom stereocenters. The van der Waals surface area contributed by atoms with Gasteiger partial charge in [0.05, 0.1) is 24.8 Å². The molecule has 1 aliphatic rings. The number of benzene rings is 3. The summed E-state index contributed by atoms with van der Waals surface area (Å²) in [5.41, 5.74) is 0.955. The van der Waals surface area contributed by atoms with E-state index in [0.29, 0.717) is 16.5 Å². The van der Waals surface area contributed by atoms with Gasteiger partial charge in [-0.05, 0) is 61.7 Å². The van der Waals surface area contributed by atoms with Gasteiger partial charge in [-0.1, -0.05) is 54.8 Å². The van der Waals surface area contributed by atoms with E-state index in [-0.39, 0.29) is 29.1 Å². The first-order chi connectivity index (χ1) is 20.1. The largest absolute Gasteiger partial charge is 0.493 e. The maximum absolute atomic E-state index is 14.1. The lowest BCUT2D eigenvalue weighted by Gasteiger charge is -2.32. The number of rotatable bonds is 12. The molecule has 0 aliphatic heterocycles. The van der Waals surface area contributed by atoms with Crippen LogP contribution in [-0.4, -0.2) is 58.0 Å². The van der Waals surface area contributed by atoms with Crippen LogP contribution in [0.3, 0.4) is 0 Å². The Bertz CT molecular complexity index is 1480. The Hall–Kier alpha value is -3.76. The summed E-state index contributed by atoms with van der Waals surface area (Å²) >= 11 is 6.07. The number of carbonyl (C=O) groups excluding carboxylic acids is 2. The monoisotopic (exact) mass is 613 g/mol. The van der Waals surface area contributed by atoms with E-state index < -0.39 is 28.5 Å². The van der Waals surface area contributed by atoms with Gasteiger partial charge in [0.15, 0.2) is 11.5 Å². The third kappa shape index (κ3) is 7.35. The number of ether oxygens (including phenoxy) is 2. The Morgan fingerprint density at radius 2 is 1.60 bits per heavy atom. The topological polar surface area (TPSA) is 105 Å². The molecular formula is C31H36ClN3O6S. The van der Waals surface area contributed by atoms with Crippen molar-refractivity contribution >= 4 is 39.1 Å². The van der Waals surface area contributed by atoms with Crippen molar-refractivity contribution in [2.75, 3.05) is 25.1 Å². The molecule has 0 aromatic heterocycles. The number of nitrogens with one attached hydrogen (secondary N) is 1. The van der Waals surface area contributed by atoms with Crippen LogP contribution in [0.1, 0.15) is 38.2 Å². The van der Waals surface area contributed by atoms with Crippen LogP contribution in [0.5, 0.6) is 11.5 Å². The highest BCUT2D eigenvalue weighted by Crippen LogP contribution is 2.34. The van der Waals surface area contributed by atoms with Crippen molar-refractivity contribution in [2.45, 2.75) is 56.1 Å². The van der Waals surface area contributed by atoms with Gasteiger partial charge in [-0.2, -0.15) is 0 Å². The molecule has 0 unspecified atom stereocenters. The molecule has 2 amide bonds. The molecule has 0 saturated heterocycles. The molecular weight excluding hydrogens is 578 g/mol. The number of methoxy groups -OCH3 is 2. The quantitative estimate of drug-likeness (QED) is 0.307. The Morgan fingerprint density at radius 3 is 2.21 bits per heavy atom. The lowest BCUT2D eigenvalue weighted by molar-refractivity contribution is -0.139. The summed E-state index contributed by atoms with van der Waals surface area (Å²) < 4.78 is 39.7. The number of nitrogens with zero attached hydrogens (tertiary/aromatic N) is 2. The van der Waals surface area contributed by atoms with Gasteiger partial charge in [-0.25, -0.2) is 8.42 Å². The minimum Gasteiger partial charge on any atom is -0.493 e. The predicted octanol–water partition coefficient (Wildman–Crippen LogP) is 5.03. The normalized spacial score (nSPS) is 14.2. The molecule has 3 aromatic rings. The lowest BCUT2D eigenvalue weighted by Crippen LogP contribution is -2.52. The van der Waals surface area contributed by atoms with Crippen molar-refractivity contribution in [1.29, 1.82) is 0 Å². The number of halogens is 1. The minimum absolute atomic E-state index is 0.0175. The van der Waals surface area contributed by atoms with Crippen LogP contribution in [0.15, 0.2) is 77.7 Å². The van der Waals surface area contributed by atoms with Crippen LogP contribution in [0.4, 0.5) is 5.69 Å². The average Bonchev–Trinajstić information content (AvgIpc) is 3.52. The first kappa shape index (κ1) is 31.2. The van der Waals surface area contributed by atoms with E-state index >= 15 is 0 Å². The Balaban J connectivity index is 1.71. The van der Waals surface area contributed by atoms with Crippen LogP contribution in [-0.2, 0) is 26.2 Å². The highest BCUT2D eigenvalue weighted by atomic mass is 35.5. The van der Waals surface area contributed by atoms with E-state index in [1.54, 1.807) is 61.5 Å². The van der Waals surface area contributed by atoms with E-state index in [1.807, 2.05) is 0 Å². The van der Waals surface area contributed by atoms with Gasteiger partial charge in [0, 0.05) is 23.7 Å².